The summed E-state index contributed by atoms with van der Waals surface area (Å²) in [6.07, 6.45) is 3.89. The fourth-order valence-corrected chi connectivity index (χ4v) is 1.29. The molecule has 0 aliphatic rings. The lowest BCUT2D eigenvalue weighted by molar-refractivity contribution is 0.112. The standard InChI is InChI=1S/C11H5N3O/c12-3-1-2-8-4-10-9(7-15)6-14-11(10)13-5-8/h4-7H,(H,13,14). The van der Waals surface area contributed by atoms with E-state index in [-0.39, 0.29) is 0 Å². The van der Waals surface area contributed by atoms with Gasteiger partial charge in [-0.2, -0.15) is 5.26 Å². The number of hydrogen-bond donors (Lipinski definition) is 1. The number of rotatable bonds is 1. The number of hydrogen-bond acceptors (Lipinski definition) is 3. The molecule has 2 aromatic heterocycles. The van der Waals surface area contributed by atoms with Crippen LogP contribution in [0.1, 0.15) is 15.9 Å². The molecule has 0 bridgehead atoms. The van der Waals surface area contributed by atoms with Crippen molar-refractivity contribution in [2.24, 2.45) is 0 Å². The maximum Gasteiger partial charge on any atom is 0.152 e. The molecule has 2 aromatic rings. The summed E-state index contributed by atoms with van der Waals surface area (Å²) in [5, 5.41) is 9.01. The van der Waals surface area contributed by atoms with Crippen LogP contribution in [0, 0.1) is 23.2 Å². The average Bonchev–Trinajstić information content (AvgIpc) is 2.68. The van der Waals surface area contributed by atoms with Crippen LogP contribution in [0.2, 0.25) is 0 Å². The topological polar surface area (TPSA) is 69.5 Å². The van der Waals surface area contributed by atoms with E-state index in [1.165, 1.54) is 0 Å². The van der Waals surface area contributed by atoms with E-state index in [0.717, 1.165) is 11.7 Å². The molecule has 0 fully saturated rings. The largest absolute Gasteiger partial charge is 0.345 e. The summed E-state index contributed by atoms with van der Waals surface area (Å²) in [4.78, 5) is 17.6. The minimum absolute atomic E-state index is 0.540. The third-order valence-corrected chi connectivity index (χ3v) is 1.95. The second-order valence-electron chi connectivity index (χ2n) is 2.84. The monoisotopic (exact) mass is 195 g/mol. The molecule has 0 amide bonds. The van der Waals surface area contributed by atoms with Crippen LogP contribution in [-0.2, 0) is 0 Å². The number of aromatic amines is 1. The fourth-order valence-electron chi connectivity index (χ4n) is 1.29. The van der Waals surface area contributed by atoms with Crippen LogP contribution < -0.4 is 0 Å². The summed E-state index contributed by atoms with van der Waals surface area (Å²) in [5.41, 5.74) is 1.80. The fraction of sp³-hybridized carbons (Fsp3) is 0. The zero-order valence-corrected chi connectivity index (χ0v) is 7.61. The molecule has 0 saturated carbocycles. The third kappa shape index (κ3) is 1.56. The lowest BCUT2D eigenvalue weighted by Crippen LogP contribution is -1.81. The van der Waals surface area contributed by atoms with Crippen molar-refractivity contribution in [3.05, 3.63) is 29.6 Å². The minimum Gasteiger partial charge on any atom is -0.345 e. The number of aldehydes is 1. The molecule has 0 aliphatic carbocycles. The number of carbonyl (C=O) groups is 1. The molecular weight excluding hydrogens is 190 g/mol. The SMILES string of the molecule is N#CC#Cc1cnc2[nH]cc(C=O)c2c1. The van der Waals surface area contributed by atoms with E-state index in [4.69, 9.17) is 5.26 Å². The number of fused-ring (bicyclic) bond motifs is 1. The van der Waals surface area contributed by atoms with Crippen LogP contribution in [-0.4, -0.2) is 16.3 Å². The van der Waals surface area contributed by atoms with Crippen molar-refractivity contribution < 1.29 is 4.79 Å². The van der Waals surface area contributed by atoms with E-state index in [2.05, 4.69) is 21.8 Å². The first kappa shape index (κ1) is 8.98. The van der Waals surface area contributed by atoms with Crippen LogP contribution in [0.5, 0.6) is 0 Å². The normalized spacial score (nSPS) is 9.00. The van der Waals surface area contributed by atoms with Crippen molar-refractivity contribution in [2.45, 2.75) is 0 Å². The van der Waals surface area contributed by atoms with Crippen molar-refractivity contribution in [1.29, 1.82) is 5.26 Å². The number of nitrogens with one attached hydrogen (secondary N) is 1. The van der Waals surface area contributed by atoms with E-state index in [1.54, 1.807) is 24.5 Å². The first-order chi connectivity index (χ1) is 7.35. The van der Waals surface area contributed by atoms with Gasteiger partial charge in [-0.1, -0.05) is 0 Å². The predicted molar refractivity (Wildman–Crippen MR) is 54.0 cm³/mol. The molecule has 0 aliphatic heterocycles. The number of nitriles is 1. The first-order valence-corrected chi connectivity index (χ1v) is 4.17. The Morgan fingerprint density at radius 2 is 2.40 bits per heavy atom. The van der Waals surface area contributed by atoms with Gasteiger partial charge < -0.3 is 4.98 Å². The van der Waals surface area contributed by atoms with E-state index < -0.39 is 0 Å². The zero-order valence-electron chi connectivity index (χ0n) is 7.61. The van der Waals surface area contributed by atoms with Crippen molar-refractivity contribution in [1.82, 2.24) is 9.97 Å². The zero-order chi connectivity index (χ0) is 10.7. The summed E-state index contributed by atoms with van der Waals surface area (Å²) in [6.45, 7) is 0. The molecule has 4 nitrogen and oxygen atoms in total. The van der Waals surface area contributed by atoms with Gasteiger partial charge in [0.2, 0.25) is 0 Å². The molecule has 0 saturated heterocycles. The summed E-state index contributed by atoms with van der Waals surface area (Å²) < 4.78 is 0. The maximum atomic E-state index is 10.7. The number of H-pyrrole nitrogens is 1. The van der Waals surface area contributed by atoms with E-state index >= 15 is 0 Å². The third-order valence-electron chi connectivity index (χ3n) is 1.95. The van der Waals surface area contributed by atoms with Gasteiger partial charge in [-0.25, -0.2) is 4.98 Å². The highest BCUT2D eigenvalue weighted by Crippen LogP contribution is 2.15. The highest BCUT2D eigenvalue weighted by Gasteiger charge is 2.03. The Morgan fingerprint density at radius 1 is 1.53 bits per heavy atom. The summed E-state index contributed by atoms with van der Waals surface area (Å²) >= 11 is 0. The summed E-state index contributed by atoms with van der Waals surface area (Å²) in [7, 11) is 0. The highest BCUT2D eigenvalue weighted by atomic mass is 16.1. The summed E-state index contributed by atoms with van der Waals surface area (Å²) in [5.74, 6) is 4.90. The summed E-state index contributed by atoms with van der Waals surface area (Å²) in [6, 6.07) is 3.45. The molecule has 70 valence electrons. The number of aromatic nitrogens is 2. The van der Waals surface area contributed by atoms with Gasteiger partial charge in [0.1, 0.15) is 5.65 Å². The second kappa shape index (κ2) is 3.65. The van der Waals surface area contributed by atoms with Crippen LogP contribution in [0.4, 0.5) is 0 Å². The van der Waals surface area contributed by atoms with E-state index in [9.17, 15) is 4.79 Å². The minimum atomic E-state index is 0.540. The van der Waals surface area contributed by atoms with Crippen molar-refractivity contribution in [3.8, 4) is 17.9 Å². The molecule has 0 aromatic carbocycles. The number of nitrogens with zero attached hydrogens (tertiary/aromatic N) is 2. The molecule has 0 unspecified atom stereocenters. The second-order valence-corrected chi connectivity index (χ2v) is 2.84. The van der Waals surface area contributed by atoms with Gasteiger partial charge in [0.05, 0.1) is 0 Å². The van der Waals surface area contributed by atoms with Gasteiger partial charge in [0.15, 0.2) is 12.4 Å². The molecule has 4 heteroatoms. The molecule has 0 spiro atoms. The van der Waals surface area contributed by atoms with E-state index in [0.29, 0.717) is 16.8 Å². The first-order valence-electron chi connectivity index (χ1n) is 4.17. The molecule has 1 N–H and O–H groups in total. The Balaban J connectivity index is 2.63. The Morgan fingerprint density at radius 3 is 3.13 bits per heavy atom. The maximum absolute atomic E-state index is 10.7. The molecular formula is C11H5N3O. The Kier molecular flexibility index (Phi) is 2.19. The van der Waals surface area contributed by atoms with Crippen molar-refractivity contribution >= 4 is 17.3 Å². The van der Waals surface area contributed by atoms with Gasteiger partial charge in [0.25, 0.3) is 0 Å². The van der Waals surface area contributed by atoms with Crippen molar-refractivity contribution in [2.75, 3.05) is 0 Å². The van der Waals surface area contributed by atoms with Crippen LogP contribution in [0.15, 0.2) is 18.5 Å². The molecule has 0 radical (unpaired) electrons. The van der Waals surface area contributed by atoms with E-state index in [1.807, 2.05) is 0 Å². The Hall–Kier alpha value is -2.59. The molecule has 2 rings (SSSR count). The smallest absolute Gasteiger partial charge is 0.152 e. The molecule has 2 heterocycles. The predicted octanol–water partition coefficient (Wildman–Crippen LogP) is 1.25. The lowest BCUT2D eigenvalue weighted by Gasteiger charge is -1.91. The van der Waals surface area contributed by atoms with Gasteiger partial charge in [-0.15, -0.1) is 0 Å². The van der Waals surface area contributed by atoms with Gasteiger partial charge >= 0.3 is 0 Å². The van der Waals surface area contributed by atoms with Crippen LogP contribution in [0.3, 0.4) is 0 Å². The molecule has 0 atom stereocenters. The Bertz CT molecular complexity index is 623. The van der Waals surface area contributed by atoms with Gasteiger partial charge in [-0.3, -0.25) is 4.79 Å². The van der Waals surface area contributed by atoms with Gasteiger partial charge in [0, 0.05) is 34.8 Å². The quantitative estimate of drug-likeness (QED) is 0.550. The van der Waals surface area contributed by atoms with Crippen molar-refractivity contribution in [3.63, 3.8) is 0 Å². The number of carbonyl (C=O) groups excluding carboxylic acids is 1. The Labute approximate surface area is 85.6 Å². The van der Waals surface area contributed by atoms with Crippen LogP contribution in [0.25, 0.3) is 11.0 Å². The average molecular weight is 195 g/mol. The van der Waals surface area contributed by atoms with Gasteiger partial charge in [-0.05, 0) is 12.0 Å². The van der Waals surface area contributed by atoms with Crippen LogP contribution >= 0.6 is 0 Å². The number of pyridine rings is 1. The lowest BCUT2D eigenvalue weighted by atomic mass is 10.2. The highest BCUT2D eigenvalue weighted by molar-refractivity contribution is 5.96. The molecule has 15 heavy (non-hydrogen) atoms.